The van der Waals surface area contributed by atoms with Crippen molar-refractivity contribution in [3.05, 3.63) is 93.2 Å². The summed E-state index contributed by atoms with van der Waals surface area (Å²) in [5, 5.41) is 3.95. The van der Waals surface area contributed by atoms with Crippen molar-refractivity contribution in [2.75, 3.05) is 11.1 Å². The molecule has 0 bridgehead atoms. The van der Waals surface area contributed by atoms with Crippen molar-refractivity contribution in [1.29, 1.82) is 0 Å². The van der Waals surface area contributed by atoms with E-state index in [9.17, 15) is 9.59 Å². The number of benzene rings is 3. The number of anilines is 1. The highest BCUT2D eigenvalue weighted by Crippen LogP contribution is 2.24. The van der Waals surface area contributed by atoms with E-state index in [1.54, 1.807) is 10.6 Å². The van der Waals surface area contributed by atoms with Crippen LogP contribution >= 0.6 is 27.7 Å². The summed E-state index contributed by atoms with van der Waals surface area (Å²) in [4.78, 5) is 30.6. The summed E-state index contributed by atoms with van der Waals surface area (Å²) >= 11 is 4.67. The Morgan fingerprint density at radius 2 is 1.76 bits per heavy atom. The average Bonchev–Trinajstić information content (AvgIpc) is 2.83. The minimum absolute atomic E-state index is 0.133. The summed E-state index contributed by atoms with van der Waals surface area (Å²) in [5.74, 6) is 0.467. The van der Waals surface area contributed by atoms with Crippen LogP contribution in [0.1, 0.15) is 31.7 Å². The van der Waals surface area contributed by atoms with Gasteiger partial charge in [0.05, 0.1) is 22.3 Å². The third-order valence-electron chi connectivity index (χ3n) is 5.54. The zero-order chi connectivity index (χ0) is 23.4. The summed E-state index contributed by atoms with van der Waals surface area (Å²) in [6.07, 6.45) is 1.07. The second kappa shape index (κ2) is 10.4. The van der Waals surface area contributed by atoms with Crippen LogP contribution in [0.3, 0.4) is 0 Å². The molecule has 0 fully saturated rings. The topological polar surface area (TPSA) is 64.0 Å². The summed E-state index contributed by atoms with van der Waals surface area (Å²) in [6, 6.07) is 22.7. The Morgan fingerprint density at radius 3 is 2.45 bits per heavy atom. The van der Waals surface area contributed by atoms with Gasteiger partial charge in [-0.05, 0) is 66.4 Å². The second-order valence-electron chi connectivity index (χ2n) is 7.80. The van der Waals surface area contributed by atoms with Crippen LogP contribution in [0.5, 0.6) is 0 Å². The zero-order valence-corrected chi connectivity index (χ0v) is 20.8. The fourth-order valence-electron chi connectivity index (χ4n) is 3.48. The molecule has 4 aromatic rings. The van der Waals surface area contributed by atoms with Gasteiger partial charge in [-0.1, -0.05) is 65.8 Å². The molecule has 4 rings (SSSR count). The molecule has 0 unspecified atom stereocenters. The normalized spacial score (nSPS) is 12.0. The fourth-order valence-corrected chi connectivity index (χ4v) is 4.56. The Morgan fingerprint density at radius 1 is 1.06 bits per heavy atom. The van der Waals surface area contributed by atoms with Crippen LogP contribution in [0.4, 0.5) is 5.69 Å². The zero-order valence-electron chi connectivity index (χ0n) is 18.4. The lowest BCUT2D eigenvalue weighted by atomic mass is 9.99. The number of carbonyl (C=O) groups is 1. The van der Waals surface area contributed by atoms with Crippen LogP contribution in [0, 0.1) is 0 Å². The first-order valence-electron chi connectivity index (χ1n) is 10.8. The van der Waals surface area contributed by atoms with Gasteiger partial charge in [0.15, 0.2) is 5.16 Å². The van der Waals surface area contributed by atoms with E-state index < -0.39 is 0 Å². The maximum absolute atomic E-state index is 13.3. The highest BCUT2D eigenvalue weighted by atomic mass is 79.9. The number of rotatable bonds is 7. The molecule has 5 nitrogen and oxygen atoms in total. The number of para-hydroxylation sites is 1. The molecule has 0 saturated carbocycles. The van der Waals surface area contributed by atoms with E-state index in [0.717, 1.165) is 16.6 Å². The second-order valence-corrected chi connectivity index (χ2v) is 9.65. The summed E-state index contributed by atoms with van der Waals surface area (Å²) in [7, 11) is 0. The molecule has 7 heteroatoms. The Labute approximate surface area is 205 Å². The van der Waals surface area contributed by atoms with Crippen LogP contribution < -0.4 is 10.9 Å². The predicted molar refractivity (Wildman–Crippen MR) is 140 cm³/mol. The van der Waals surface area contributed by atoms with Gasteiger partial charge in [0.2, 0.25) is 5.91 Å². The van der Waals surface area contributed by atoms with Crippen molar-refractivity contribution in [3.8, 4) is 5.69 Å². The van der Waals surface area contributed by atoms with E-state index in [1.165, 1.54) is 17.3 Å². The average molecular weight is 522 g/mol. The van der Waals surface area contributed by atoms with Gasteiger partial charge >= 0.3 is 0 Å². The number of amides is 1. The molecule has 168 valence electrons. The van der Waals surface area contributed by atoms with Gasteiger partial charge in [-0.15, -0.1) is 0 Å². The number of hydrogen-bond acceptors (Lipinski definition) is 4. The highest BCUT2D eigenvalue weighted by Gasteiger charge is 2.15. The Bertz CT molecular complexity index is 1330. The molecular formula is C26H24BrN3O2S. The molecule has 0 aliphatic rings. The van der Waals surface area contributed by atoms with Gasteiger partial charge in [0, 0.05) is 10.2 Å². The number of hydrogen-bond donors (Lipinski definition) is 1. The Hall–Kier alpha value is -2.90. The van der Waals surface area contributed by atoms with Gasteiger partial charge in [-0.2, -0.15) is 0 Å². The smallest absolute Gasteiger partial charge is 0.266 e. The van der Waals surface area contributed by atoms with Gasteiger partial charge in [-0.25, -0.2) is 4.98 Å². The van der Waals surface area contributed by atoms with E-state index >= 15 is 0 Å². The standard InChI is InChI=1S/C26H24BrN3O2S/c1-3-17(2)18-8-12-20(13-9-18)28-24(31)16-33-26-29-23-7-5-4-6-22(23)25(32)30(26)21-14-10-19(27)11-15-21/h4-15,17H,3,16H2,1-2H3,(H,28,31)/t17-/m1/s1. The van der Waals surface area contributed by atoms with Crippen molar-refractivity contribution in [3.63, 3.8) is 0 Å². The van der Waals surface area contributed by atoms with Crippen LogP contribution in [0.25, 0.3) is 16.6 Å². The van der Waals surface area contributed by atoms with E-state index in [2.05, 4.69) is 40.1 Å². The number of fused-ring (bicyclic) bond motifs is 1. The molecule has 0 aliphatic carbocycles. The molecule has 33 heavy (non-hydrogen) atoms. The summed E-state index contributed by atoms with van der Waals surface area (Å²) in [6.45, 7) is 4.35. The van der Waals surface area contributed by atoms with Crippen molar-refractivity contribution in [2.45, 2.75) is 31.3 Å². The monoisotopic (exact) mass is 521 g/mol. The lowest BCUT2D eigenvalue weighted by Crippen LogP contribution is -2.23. The molecule has 1 amide bonds. The largest absolute Gasteiger partial charge is 0.325 e. The number of thioether (sulfide) groups is 1. The van der Waals surface area contributed by atoms with Gasteiger partial charge in [0.1, 0.15) is 0 Å². The lowest BCUT2D eigenvalue weighted by Gasteiger charge is -2.14. The Kier molecular flexibility index (Phi) is 7.30. The third-order valence-corrected chi connectivity index (χ3v) is 7.01. The lowest BCUT2D eigenvalue weighted by molar-refractivity contribution is -0.113. The SMILES string of the molecule is CC[C@@H](C)c1ccc(NC(=O)CSc2nc3ccccc3c(=O)n2-c2ccc(Br)cc2)cc1. The Balaban J connectivity index is 1.57. The van der Waals surface area contributed by atoms with E-state index in [4.69, 9.17) is 0 Å². The maximum Gasteiger partial charge on any atom is 0.266 e. The van der Waals surface area contributed by atoms with Gasteiger partial charge in [-0.3, -0.25) is 14.2 Å². The number of nitrogens with zero attached hydrogens (tertiary/aromatic N) is 2. The van der Waals surface area contributed by atoms with Gasteiger partial charge < -0.3 is 5.32 Å². The van der Waals surface area contributed by atoms with E-state index in [0.29, 0.717) is 27.7 Å². The van der Waals surface area contributed by atoms with Crippen LogP contribution in [0.2, 0.25) is 0 Å². The van der Waals surface area contributed by atoms with E-state index in [-0.39, 0.29) is 17.2 Å². The molecule has 0 spiro atoms. The highest BCUT2D eigenvalue weighted by molar-refractivity contribution is 9.10. The molecule has 3 aromatic carbocycles. The first kappa shape index (κ1) is 23.3. The van der Waals surface area contributed by atoms with Crippen molar-refractivity contribution >= 4 is 50.2 Å². The molecule has 1 heterocycles. The van der Waals surface area contributed by atoms with Crippen LogP contribution in [-0.2, 0) is 4.79 Å². The molecule has 1 aromatic heterocycles. The number of halogens is 1. The minimum Gasteiger partial charge on any atom is -0.325 e. The van der Waals surface area contributed by atoms with Crippen LogP contribution in [0.15, 0.2) is 87.2 Å². The van der Waals surface area contributed by atoms with E-state index in [1.807, 2.05) is 66.7 Å². The molecule has 0 saturated heterocycles. The quantitative estimate of drug-likeness (QED) is 0.226. The molecule has 1 atom stereocenters. The van der Waals surface area contributed by atoms with Crippen LogP contribution in [-0.4, -0.2) is 21.2 Å². The molecular weight excluding hydrogens is 498 g/mol. The van der Waals surface area contributed by atoms with Gasteiger partial charge in [0.25, 0.3) is 5.56 Å². The van der Waals surface area contributed by atoms with Crippen molar-refractivity contribution in [2.24, 2.45) is 0 Å². The third kappa shape index (κ3) is 5.37. The van der Waals surface area contributed by atoms with Crippen molar-refractivity contribution < 1.29 is 4.79 Å². The number of aromatic nitrogens is 2. The summed E-state index contributed by atoms with van der Waals surface area (Å²) in [5.41, 5.74) is 3.16. The maximum atomic E-state index is 13.3. The molecule has 1 N–H and O–H groups in total. The first-order chi connectivity index (χ1) is 16.0. The number of carbonyl (C=O) groups excluding carboxylic acids is 1. The fraction of sp³-hybridized carbons (Fsp3) is 0.192. The molecule has 0 radical (unpaired) electrons. The van der Waals surface area contributed by atoms with Crippen molar-refractivity contribution in [1.82, 2.24) is 9.55 Å². The minimum atomic E-state index is -0.161. The number of nitrogens with one attached hydrogen (secondary N) is 1. The first-order valence-corrected chi connectivity index (χ1v) is 12.5. The molecule has 0 aliphatic heterocycles. The summed E-state index contributed by atoms with van der Waals surface area (Å²) < 4.78 is 2.48. The predicted octanol–water partition coefficient (Wildman–Crippen LogP) is 6.39.